The highest BCUT2D eigenvalue weighted by atomic mass is 32.2. The van der Waals surface area contributed by atoms with Crippen molar-refractivity contribution in [2.45, 2.75) is 4.90 Å². The van der Waals surface area contributed by atoms with Crippen molar-refractivity contribution in [3.63, 3.8) is 0 Å². The smallest absolute Gasteiger partial charge is 0.251 e. The van der Waals surface area contributed by atoms with Gasteiger partial charge in [-0.15, -0.1) is 6.42 Å². The minimum atomic E-state index is -0.677. The average Bonchev–Trinajstić information content (AvgIpc) is 3.15. The maximum absolute atomic E-state index is 13.9. The summed E-state index contributed by atoms with van der Waals surface area (Å²) in [7, 11) is 1.47. The molecule has 0 aliphatic heterocycles. The van der Waals surface area contributed by atoms with Gasteiger partial charge in [-0.3, -0.25) is 0 Å². The van der Waals surface area contributed by atoms with E-state index in [-0.39, 0.29) is 4.90 Å². The number of methoxy groups -OCH3 is 1. The number of aromatic nitrogens is 5. The Morgan fingerprint density at radius 3 is 2.72 bits per heavy atom. The predicted octanol–water partition coefficient (Wildman–Crippen LogP) is 3.57. The van der Waals surface area contributed by atoms with Gasteiger partial charge in [0.05, 0.1) is 24.4 Å². The second-order valence-corrected chi connectivity index (χ2v) is 6.55. The Hall–Kier alpha value is -3.71. The number of ether oxygens (including phenoxy) is 1. The number of rotatable bonds is 5. The molecule has 0 radical (unpaired) electrons. The molecule has 3 aromatic heterocycles. The fourth-order valence-electron chi connectivity index (χ4n) is 2.50. The van der Waals surface area contributed by atoms with Gasteiger partial charge in [0.25, 0.3) is 5.78 Å². The molecule has 3 heterocycles. The second kappa shape index (κ2) is 7.73. The molecule has 0 aliphatic carbocycles. The third kappa shape index (κ3) is 3.68. The van der Waals surface area contributed by atoms with Crippen molar-refractivity contribution in [1.82, 2.24) is 24.6 Å². The van der Waals surface area contributed by atoms with E-state index < -0.39 is 11.6 Å². The fraction of sp³-hybridized carbons (Fsp3) is 0.0526. The molecule has 0 saturated carbocycles. The summed E-state index contributed by atoms with van der Waals surface area (Å²) >= 11 is 0.963. The molecule has 0 atom stereocenters. The maximum Gasteiger partial charge on any atom is 0.251 e. The van der Waals surface area contributed by atoms with Crippen LogP contribution in [0.15, 0.2) is 47.8 Å². The minimum absolute atomic E-state index is 0.220. The molecule has 0 fully saturated rings. The van der Waals surface area contributed by atoms with Crippen LogP contribution >= 0.6 is 11.9 Å². The topological polar surface area (TPSA) is 77.2 Å². The number of terminal acetylenes is 1. The molecular weight excluding hydrogens is 398 g/mol. The molecule has 0 unspecified atom stereocenters. The van der Waals surface area contributed by atoms with Crippen LogP contribution in [0.2, 0.25) is 0 Å². The zero-order valence-electron chi connectivity index (χ0n) is 14.9. The van der Waals surface area contributed by atoms with Gasteiger partial charge in [0.1, 0.15) is 28.7 Å². The first-order valence-electron chi connectivity index (χ1n) is 8.18. The van der Waals surface area contributed by atoms with Crippen molar-refractivity contribution >= 4 is 23.4 Å². The van der Waals surface area contributed by atoms with E-state index in [1.165, 1.54) is 30.0 Å². The number of imidazole rings is 1. The Kier molecular flexibility index (Phi) is 4.97. The van der Waals surface area contributed by atoms with Crippen LogP contribution in [0.1, 0.15) is 5.69 Å². The highest BCUT2D eigenvalue weighted by Crippen LogP contribution is 2.32. The van der Waals surface area contributed by atoms with Crippen LogP contribution in [0.25, 0.3) is 17.0 Å². The van der Waals surface area contributed by atoms with Gasteiger partial charge in [-0.1, -0.05) is 0 Å². The standard InChI is InChI=1S/C19H12F2N6OS/c1-3-13-9-23-19-24-10-16(25-27(13)19)11-6-15(18(28-2)22-8-11)26-29-17-5-4-12(20)7-14(17)21/h1,4-10,26H,2H3. The largest absolute Gasteiger partial charge is 0.480 e. The van der Waals surface area contributed by atoms with Crippen LogP contribution in [0.3, 0.4) is 0 Å². The Morgan fingerprint density at radius 2 is 1.97 bits per heavy atom. The van der Waals surface area contributed by atoms with Crippen molar-refractivity contribution in [2.24, 2.45) is 0 Å². The molecule has 29 heavy (non-hydrogen) atoms. The Balaban J connectivity index is 1.67. The third-order valence-electron chi connectivity index (χ3n) is 3.88. The Morgan fingerprint density at radius 1 is 1.14 bits per heavy atom. The molecule has 4 aromatic rings. The van der Waals surface area contributed by atoms with Crippen molar-refractivity contribution in [2.75, 3.05) is 11.8 Å². The van der Waals surface area contributed by atoms with Crippen LogP contribution in [-0.4, -0.2) is 31.7 Å². The molecule has 0 bridgehead atoms. The summed E-state index contributed by atoms with van der Waals surface area (Å²) in [5.41, 5.74) is 2.07. The number of nitrogens with one attached hydrogen (secondary N) is 1. The lowest BCUT2D eigenvalue weighted by molar-refractivity contribution is 0.400. The first-order valence-corrected chi connectivity index (χ1v) is 9.00. The maximum atomic E-state index is 13.9. The van der Waals surface area contributed by atoms with Gasteiger partial charge in [-0.25, -0.2) is 23.7 Å². The van der Waals surface area contributed by atoms with E-state index in [0.29, 0.717) is 34.3 Å². The SMILES string of the molecule is C#Cc1cnc2ncc(-c3cnc(OC)c(NSc4ccc(F)cc4F)c3)nn12. The van der Waals surface area contributed by atoms with Gasteiger partial charge in [0.2, 0.25) is 5.88 Å². The molecule has 1 aromatic carbocycles. The number of nitrogens with zero attached hydrogens (tertiary/aromatic N) is 5. The van der Waals surface area contributed by atoms with E-state index in [4.69, 9.17) is 11.2 Å². The summed E-state index contributed by atoms with van der Waals surface area (Å²) in [6.45, 7) is 0. The minimum Gasteiger partial charge on any atom is -0.480 e. The van der Waals surface area contributed by atoms with Gasteiger partial charge in [-0.2, -0.15) is 9.61 Å². The molecule has 0 aliphatic rings. The average molecular weight is 410 g/mol. The molecule has 144 valence electrons. The van der Waals surface area contributed by atoms with E-state index in [2.05, 4.69) is 30.7 Å². The van der Waals surface area contributed by atoms with Gasteiger partial charge >= 0.3 is 0 Å². The molecule has 0 spiro atoms. The second-order valence-electron chi connectivity index (χ2n) is 5.70. The van der Waals surface area contributed by atoms with Crippen molar-refractivity contribution in [3.05, 3.63) is 60.2 Å². The van der Waals surface area contributed by atoms with Gasteiger partial charge < -0.3 is 9.46 Å². The lowest BCUT2D eigenvalue weighted by Gasteiger charge is -2.11. The van der Waals surface area contributed by atoms with Crippen LogP contribution in [0.5, 0.6) is 5.88 Å². The highest BCUT2D eigenvalue weighted by Gasteiger charge is 2.13. The van der Waals surface area contributed by atoms with Crippen LogP contribution in [0, 0.1) is 24.0 Å². The monoisotopic (exact) mass is 410 g/mol. The Labute approximate surface area is 168 Å². The van der Waals surface area contributed by atoms with Gasteiger partial charge in [-0.05, 0) is 36.1 Å². The summed E-state index contributed by atoms with van der Waals surface area (Å²) in [5.74, 6) is 1.84. The summed E-state index contributed by atoms with van der Waals surface area (Å²) in [4.78, 5) is 12.8. The quantitative estimate of drug-likeness (QED) is 0.398. The number of halogens is 2. The first-order chi connectivity index (χ1) is 14.1. The van der Waals surface area contributed by atoms with E-state index in [1.54, 1.807) is 18.5 Å². The van der Waals surface area contributed by atoms with E-state index in [0.717, 1.165) is 18.0 Å². The number of fused-ring (bicyclic) bond motifs is 1. The van der Waals surface area contributed by atoms with Crippen molar-refractivity contribution in [3.8, 4) is 29.5 Å². The third-order valence-corrected chi connectivity index (χ3v) is 4.76. The first kappa shape index (κ1) is 18.6. The van der Waals surface area contributed by atoms with E-state index >= 15 is 0 Å². The van der Waals surface area contributed by atoms with Crippen molar-refractivity contribution < 1.29 is 13.5 Å². The van der Waals surface area contributed by atoms with Crippen LogP contribution in [-0.2, 0) is 0 Å². The molecule has 4 rings (SSSR count). The zero-order chi connectivity index (χ0) is 20.4. The van der Waals surface area contributed by atoms with E-state index in [1.807, 2.05) is 0 Å². The summed E-state index contributed by atoms with van der Waals surface area (Å²) in [5, 5.41) is 4.45. The molecule has 7 nitrogen and oxygen atoms in total. The lowest BCUT2D eigenvalue weighted by atomic mass is 10.2. The van der Waals surface area contributed by atoms with Crippen molar-refractivity contribution in [1.29, 1.82) is 0 Å². The number of benzene rings is 1. The number of hydrogen-bond donors (Lipinski definition) is 1. The normalized spacial score (nSPS) is 10.7. The summed E-state index contributed by atoms with van der Waals surface area (Å²) < 4.78 is 36.6. The lowest BCUT2D eigenvalue weighted by Crippen LogP contribution is -2.01. The molecule has 10 heteroatoms. The highest BCUT2D eigenvalue weighted by molar-refractivity contribution is 8.00. The molecular formula is C19H12F2N6OS. The summed E-state index contributed by atoms with van der Waals surface area (Å²) in [6, 6.07) is 5.06. The van der Waals surface area contributed by atoms with Crippen LogP contribution < -0.4 is 9.46 Å². The van der Waals surface area contributed by atoms with E-state index in [9.17, 15) is 8.78 Å². The predicted molar refractivity (Wildman–Crippen MR) is 104 cm³/mol. The zero-order valence-corrected chi connectivity index (χ0v) is 15.7. The Bertz CT molecular complexity index is 1250. The van der Waals surface area contributed by atoms with Gasteiger partial charge in [0.15, 0.2) is 0 Å². The van der Waals surface area contributed by atoms with Gasteiger partial charge in [0, 0.05) is 17.8 Å². The number of pyridine rings is 1. The number of hydrogen-bond acceptors (Lipinski definition) is 7. The molecule has 0 amide bonds. The molecule has 1 N–H and O–H groups in total. The fourth-order valence-corrected chi connectivity index (χ4v) is 3.16. The summed E-state index contributed by atoms with van der Waals surface area (Å²) in [6.07, 6.45) is 10.1. The number of anilines is 1. The molecule has 0 saturated heterocycles. The van der Waals surface area contributed by atoms with Crippen LogP contribution in [0.4, 0.5) is 14.5 Å².